The van der Waals surface area contributed by atoms with E-state index < -0.39 is 0 Å². The van der Waals surface area contributed by atoms with Crippen molar-refractivity contribution in [3.05, 3.63) is 28.2 Å². The Morgan fingerprint density at radius 3 is 2.95 bits per heavy atom. The second-order valence-corrected chi connectivity index (χ2v) is 5.19. The molecule has 2 rings (SSSR count). The predicted molar refractivity (Wildman–Crippen MR) is 76.0 cm³/mol. The first-order valence-electron chi connectivity index (χ1n) is 6.23. The molecule has 19 heavy (non-hydrogen) atoms. The normalized spacial score (nSPS) is 16.0. The number of hydrogen-bond acceptors (Lipinski definition) is 3. The molecule has 1 saturated heterocycles. The highest BCUT2D eigenvalue weighted by atomic mass is 35.5. The topological polar surface area (TPSA) is 41.6 Å². The Balaban J connectivity index is 1.88. The zero-order valence-electron chi connectivity index (χ0n) is 10.5. The highest BCUT2D eigenvalue weighted by molar-refractivity contribution is 6.35. The summed E-state index contributed by atoms with van der Waals surface area (Å²) in [6, 6.07) is 4.95. The van der Waals surface area contributed by atoms with Crippen LogP contribution in [0.4, 0.5) is 0 Å². The van der Waals surface area contributed by atoms with E-state index >= 15 is 0 Å². The fraction of sp³-hybridized carbons (Fsp3) is 0.462. The molecule has 0 saturated carbocycles. The fourth-order valence-corrected chi connectivity index (χ4v) is 2.38. The van der Waals surface area contributed by atoms with Gasteiger partial charge in [0.05, 0.1) is 5.02 Å². The third-order valence-corrected chi connectivity index (χ3v) is 3.47. The first kappa shape index (κ1) is 14.4. The lowest BCUT2D eigenvalue weighted by molar-refractivity contribution is -0.133. The Hall–Kier alpha value is -0.970. The Bertz CT molecular complexity index is 446. The molecule has 4 nitrogen and oxygen atoms in total. The van der Waals surface area contributed by atoms with Gasteiger partial charge in [-0.3, -0.25) is 4.79 Å². The van der Waals surface area contributed by atoms with E-state index in [1.165, 1.54) is 0 Å². The van der Waals surface area contributed by atoms with Crippen LogP contribution in [-0.2, 0) is 4.79 Å². The van der Waals surface area contributed by atoms with Gasteiger partial charge >= 0.3 is 0 Å². The van der Waals surface area contributed by atoms with Crippen molar-refractivity contribution < 1.29 is 9.53 Å². The quantitative estimate of drug-likeness (QED) is 0.931. The van der Waals surface area contributed by atoms with Gasteiger partial charge in [0.1, 0.15) is 5.75 Å². The summed E-state index contributed by atoms with van der Waals surface area (Å²) in [4.78, 5) is 13.8. The van der Waals surface area contributed by atoms with Gasteiger partial charge in [-0.15, -0.1) is 0 Å². The summed E-state index contributed by atoms with van der Waals surface area (Å²) in [5.41, 5.74) is 0. The molecule has 0 spiro atoms. The number of amides is 1. The standard InChI is InChI=1S/C13H16Cl2N2O2/c14-10-2-3-12(11(15)8-10)19-9-13(18)17-6-1-4-16-5-7-17/h2-3,8,16H,1,4-7,9H2. The molecule has 104 valence electrons. The third-order valence-electron chi connectivity index (χ3n) is 2.94. The lowest BCUT2D eigenvalue weighted by Gasteiger charge is -2.20. The summed E-state index contributed by atoms with van der Waals surface area (Å²) >= 11 is 11.8. The first-order valence-corrected chi connectivity index (χ1v) is 6.99. The molecule has 0 aliphatic carbocycles. The van der Waals surface area contributed by atoms with Crippen molar-refractivity contribution in [2.24, 2.45) is 0 Å². The maximum atomic E-state index is 12.0. The van der Waals surface area contributed by atoms with Crippen molar-refractivity contribution in [2.75, 3.05) is 32.8 Å². The predicted octanol–water partition coefficient (Wildman–Crippen LogP) is 2.19. The minimum atomic E-state index is -0.0188. The van der Waals surface area contributed by atoms with Crippen LogP contribution >= 0.6 is 23.2 Å². The van der Waals surface area contributed by atoms with E-state index in [9.17, 15) is 4.79 Å². The van der Waals surface area contributed by atoms with Crippen LogP contribution in [0, 0.1) is 0 Å². The number of hydrogen-bond donors (Lipinski definition) is 1. The number of halogens is 2. The molecule has 0 atom stereocenters. The molecular weight excluding hydrogens is 287 g/mol. The van der Waals surface area contributed by atoms with Crippen LogP contribution in [0.25, 0.3) is 0 Å². The third kappa shape index (κ3) is 4.27. The summed E-state index contributed by atoms with van der Waals surface area (Å²) in [5.74, 6) is 0.460. The number of nitrogens with zero attached hydrogens (tertiary/aromatic N) is 1. The van der Waals surface area contributed by atoms with Crippen molar-refractivity contribution in [3.8, 4) is 5.75 Å². The van der Waals surface area contributed by atoms with E-state index in [0.717, 1.165) is 32.6 Å². The Labute approximate surface area is 122 Å². The molecule has 1 fully saturated rings. The van der Waals surface area contributed by atoms with Crippen LogP contribution in [0.5, 0.6) is 5.75 Å². The molecule has 0 unspecified atom stereocenters. The second kappa shape index (κ2) is 6.98. The van der Waals surface area contributed by atoms with Gasteiger partial charge in [-0.1, -0.05) is 23.2 Å². The molecule has 1 amide bonds. The summed E-state index contributed by atoms with van der Waals surface area (Å²) in [7, 11) is 0. The van der Waals surface area contributed by atoms with Crippen molar-refractivity contribution >= 4 is 29.1 Å². The largest absolute Gasteiger partial charge is 0.482 e. The van der Waals surface area contributed by atoms with Crippen LogP contribution in [0.15, 0.2) is 18.2 Å². The molecule has 0 radical (unpaired) electrons. The minimum absolute atomic E-state index is 0.00134. The van der Waals surface area contributed by atoms with Gasteiger partial charge in [-0.2, -0.15) is 0 Å². The van der Waals surface area contributed by atoms with Gasteiger partial charge in [0.25, 0.3) is 5.91 Å². The lowest BCUT2D eigenvalue weighted by Crippen LogP contribution is -2.37. The molecule has 1 aromatic rings. The Morgan fingerprint density at radius 1 is 1.32 bits per heavy atom. The summed E-state index contributed by atoms with van der Waals surface area (Å²) in [6.45, 7) is 3.27. The van der Waals surface area contributed by atoms with Crippen LogP contribution in [0.1, 0.15) is 6.42 Å². The number of ether oxygens (including phenoxy) is 1. The number of nitrogens with one attached hydrogen (secondary N) is 1. The molecule has 1 heterocycles. The molecule has 0 bridgehead atoms. The highest BCUT2D eigenvalue weighted by Crippen LogP contribution is 2.27. The van der Waals surface area contributed by atoms with Crippen molar-refractivity contribution in [3.63, 3.8) is 0 Å². The molecular formula is C13H16Cl2N2O2. The highest BCUT2D eigenvalue weighted by Gasteiger charge is 2.16. The van der Waals surface area contributed by atoms with Gasteiger partial charge in [-0.25, -0.2) is 0 Å². The average molecular weight is 303 g/mol. The Morgan fingerprint density at radius 2 is 2.16 bits per heavy atom. The fourth-order valence-electron chi connectivity index (χ4n) is 1.92. The van der Waals surface area contributed by atoms with Gasteiger partial charge in [0.15, 0.2) is 6.61 Å². The summed E-state index contributed by atoms with van der Waals surface area (Å²) in [5, 5.41) is 4.21. The summed E-state index contributed by atoms with van der Waals surface area (Å²) in [6.07, 6.45) is 0.966. The van der Waals surface area contributed by atoms with Crippen LogP contribution in [-0.4, -0.2) is 43.6 Å². The zero-order valence-corrected chi connectivity index (χ0v) is 12.0. The SMILES string of the molecule is O=C(COc1ccc(Cl)cc1Cl)N1CCCNCC1. The molecule has 6 heteroatoms. The van der Waals surface area contributed by atoms with Gasteiger partial charge in [0.2, 0.25) is 0 Å². The number of benzene rings is 1. The van der Waals surface area contributed by atoms with E-state index in [0.29, 0.717) is 15.8 Å². The van der Waals surface area contributed by atoms with Crippen LogP contribution in [0.3, 0.4) is 0 Å². The first-order chi connectivity index (χ1) is 9.16. The van der Waals surface area contributed by atoms with Gasteiger partial charge < -0.3 is 15.0 Å². The molecule has 1 aromatic carbocycles. The second-order valence-electron chi connectivity index (χ2n) is 4.35. The lowest BCUT2D eigenvalue weighted by atomic mass is 10.3. The van der Waals surface area contributed by atoms with Gasteiger partial charge in [0, 0.05) is 24.7 Å². The van der Waals surface area contributed by atoms with Crippen molar-refractivity contribution in [1.82, 2.24) is 10.2 Å². The molecule has 1 aliphatic heterocycles. The maximum Gasteiger partial charge on any atom is 0.260 e. The van der Waals surface area contributed by atoms with Crippen molar-refractivity contribution in [2.45, 2.75) is 6.42 Å². The van der Waals surface area contributed by atoms with Gasteiger partial charge in [-0.05, 0) is 31.2 Å². The Kier molecular flexibility index (Phi) is 5.31. The number of rotatable bonds is 3. The minimum Gasteiger partial charge on any atom is -0.482 e. The summed E-state index contributed by atoms with van der Waals surface area (Å²) < 4.78 is 5.45. The van der Waals surface area contributed by atoms with E-state index in [1.807, 2.05) is 4.90 Å². The maximum absolute atomic E-state index is 12.0. The van der Waals surface area contributed by atoms with Crippen LogP contribution < -0.4 is 10.1 Å². The average Bonchev–Trinajstić information content (AvgIpc) is 2.66. The molecule has 1 aliphatic rings. The number of carbonyl (C=O) groups is 1. The van der Waals surface area contributed by atoms with Crippen molar-refractivity contribution in [1.29, 1.82) is 0 Å². The number of carbonyl (C=O) groups excluding carboxylic acids is 1. The zero-order chi connectivity index (χ0) is 13.7. The van der Waals surface area contributed by atoms with E-state index in [4.69, 9.17) is 27.9 Å². The van der Waals surface area contributed by atoms with E-state index in [1.54, 1.807) is 18.2 Å². The van der Waals surface area contributed by atoms with E-state index in [-0.39, 0.29) is 12.5 Å². The molecule has 0 aromatic heterocycles. The monoisotopic (exact) mass is 302 g/mol. The smallest absolute Gasteiger partial charge is 0.260 e. The van der Waals surface area contributed by atoms with Crippen LogP contribution in [0.2, 0.25) is 10.0 Å². The molecule has 1 N–H and O–H groups in total. The van der Waals surface area contributed by atoms with E-state index in [2.05, 4.69) is 5.32 Å².